The highest BCUT2D eigenvalue weighted by molar-refractivity contribution is 7.47. The highest BCUT2D eigenvalue weighted by atomic mass is 31.2. The summed E-state index contributed by atoms with van der Waals surface area (Å²) in [5.41, 5.74) is 0. The van der Waals surface area contributed by atoms with Gasteiger partial charge >= 0.3 is 7.82 Å². The van der Waals surface area contributed by atoms with Gasteiger partial charge in [0, 0.05) is 26.2 Å². The predicted molar refractivity (Wildman–Crippen MR) is 87.0 cm³/mol. The van der Waals surface area contributed by atoms with Crippen LogP contribution in [-0.2, 0) is 32.6 Å². The van der Waals surface area contributed by atoms with Crippen LogP contribution in [-0.4, -0.2) is 84.4 Å². The lowest BCUT2D eigenvalue weighted by Gasteiger charge is -2.21. The molecule has 11 heteroatoms. The molecule has 0 amide bonds. The molecule has 1 N–H and O–H groups in total. The molecule has 0 saturated carbocycles. The third kappa shape index (κ3) is 5.54. The second-order valence-corrected chi connectivity index (χ2v) is 7.50. The van der Waals surface area contributed by atoms with Crippen LogP contribution in [0.1, 0.15) is 12.8 Å². The van der Waals surface area contributed by atoms with Crippen LogP contribution < -0.4 is 0 Å². The van der Waals surface area contributed by atoms with Crippen LogP contribution in [0.25, 0.3) is 0 Å². The zero-order valence-corrected chi connectivity index (χ0v) is 14.9. The van der Waals surface area contributed by atoms with E-state index in [4.69, 9.17) is 28.0 Å². The molecule has 2 aliphatic rings. The molecule has 2 fully saturated rings. The summed E-state index contributed by atoms with van der Waals surface area (Å²) < 4.78 is 43.9. The average Bonchev–Trinajstić information content (AvgIpc) is 3.05. The average molecular weight is 350 g/mol. The molecule has 0 aromatic rings. The van der Waals surface area contributed by atoms with E-state index in [0.29, 0.717) is 0 Å². The van der Waals surface area contributed by atoms with E-state index in [-0.39, 0.29) is 49.6 Å². The zero-order chi connectivity index (χ0) is 17.0. The minimum absolute atomic E-state index is 0.0309. The van der Waals surface area contributed by atoms with Crippen LogP contribution in [0.4, 0.5) is 0 Å². The summed E-state index contributed by atoms with van der Waals surface area (Å²) in [4.78, 5) is 9.80. The largest absolute Gasteiger partial charge is 0.472 e. The smallest absolute Gasteiger partial charge is 0.379 e. The van der Waals surface area contributed by atoms with Crippen molar-refractivity contribution in [3.63, 3.8) is 0 Å². The van der Waals surface area contributed by atoms with E-state index in [2.05, 4.69) is 0 Å². The van der Waals surface area contributed by atoms with E-state index < -0.39 is 7.82 Å². The summed E-state index contributed by atoms with van der Waals surface area (Å²) in [7, 11) is 2.82. The standard InChI is InChI=1S/C12H25B2O8P/c1-17-7-3-11(13)21-9(7)5-19-23(15,16)20-6-10-8(18-2)4-12(14)22-10/h7-12H,3-6,13-14H2,1-2H3,(H,15,16)/t7?,8?,9-,10?,11-,12?/m1/s1. The van der Waals surface area contributed by atoms with E-state index in [1.807, 2.05) is 15.7 Å². The summed E-state index contributed by atoms with van der Waals surface area (Å²) in [5, 5.41) is 0. The van der Waals surface area contributed by atoms with Crippen molar-refractivity contribution < 1.29 is 37.5 Å². The number of ether oxygens (including phenoxy) is 4. The first-order chi connectivity index (χ1) is 10.8. The van der Waals surface area contributed by atoms with Gasteiger partial charge in [-0.25, -0.2) is 4.57 Å². The van der Waals surface area contributed by atoms with Gasteiger partial charge in [-0.3, -0.25) is 9.05 Å². The highest BCUT2D eigenvalue weighted by Crippen LogP contribution is 2.44. The van der Waals surface area contributed by atoms with Crippen LogP contribution >= 0.6 is 7.82 Å². The maximum Gasteiger partial charge on any atom is 0.472 e. The fourth-order valence-electron chi connectivity index (χ4n) is 3.00. The van der Waals surface area contributed by atoms with Crippen molar-refractivity contribution in [2.45, 2.75) is 49.3 Å². The predicted octanol–water partition coefficient (Wildman–Crippen LogP) is -1.35. The van der Waals surface area contributed by atoms with E-state index in [1.54, 1.807) is 14.2 Å². The van der Waals surface area contributed by atoms with E-state index in [1.165, 1.54) is 0 Å². The Bertz CT molecular complexity index is 394. The van der Waals surface area contributed by atoms with Crippen molar-refractivity contribution in [1.82, 2.24) is 0 Å². The first-order valence-corrected chi connectivity index (χ1v) is 9.32. The SMILES string of the molecule is BC1CC(OC)C(COP(=O)(O)OC[C@H]2O[C@@H](B)CC2OC)O1. The second-order valence-electron chi connectivity index (χ2n) is 6.05. The van der Waals surface area contributed by atoms with Gasteiger partial charge in [0.1, 0.15) is 27.9 Å². The third-order valence-electron chi connectivity index (χ3n) is 4.18. The zero-order valence-electron chi connectivity index (χ0n) is 14.0. The van der Waals surface area contributed by atoms with Gasteiger partial charge in [-0.2, -0.15) is 0 Å². The van der Waals surface area contributed by atoms with Gasteiger partial charge in [0.05, 0.1) is 25.4 Å². The molecule has 8 nitrogen and oxygen atoms in total. The normalized spacial score (nSPS) is 40.3. The first-order valence-electron chi connectivity index (χ1n) is 7.83. The minimum Gasteiger partial charge on any atom is -0.379 e. The lowest BCUT2D eigenvalue weighted by molar-refractivity contribution is -0.0361. The van der Waals surface area contributed by atoms with Crippen LogP contribution in [0.2, 0.25) is 0 Å². The molecule has 7 atom stereocenters. The molecular weight excluding hydrogens is 325 g/mol. The van der Waals surface area contributed by atoms with Gasteiger partial charge in [0.25, 0.3) is 0 Å². The number of methoxy groups -OCH3 is 2. The molecule has 132 valence electrons. The molecule has 0 aromatic heterocycles. The minimum atomic E-state index is -4.18. The molecule has 0 bridgehead atoms. The quantitative estimate of drug-likeness (QED) is 0.424. The van der Waals surface area contributed by atoms with Gasteiger partial charge in [-0.15, -0.1) is 0 Å². The second kappa shape index (κ2) is 8.45. The maximum atomic E-state index is 12.0. The number of rotatable bonds is 8. The Balaban J connectivity index is 1.77. The summed E-state index contributed by atoms with van der Waals surface area (Å²) in [5.74, 6) is 0. The third-order valence-corrected chi connectivity index (χ3v) is 5.13. The van der Waals surface area contributed by atoms with Crippen LogP contribution in [0.5, 0.6) is 0 Å². The number of hydrogen-bond donors (Lipinski definition) is 1. The van der Waals surface area contributed by atoms with Crippen molar-refractivity contribution in [2.75, 3.05) is 27.4 Å². The summed E-state index contributed by atoms with van der Waals surface area (Å²) >= 11 is 0. The fraction of sp³-hybridized carbons (Fsp3) is 1.00. The van der Waals surface area contributed by atoms with Crippen molar-refractivity contribution in [3.8, 4) is 0 Å². The molecule has 2 aliphatic heterocycles. The number of phosphoric acid groups is 1. The topological polar surface area (TPSA) is 92.7 Å². The van der Waals surface area contributed by atoms with Crippen LogP contribution in [0, 0.1) is 0 Å². The lowest BCUT2D eigenvalue weighted by atomic mass is 9.96. The summed E-state index contributed by atoms with van der Waals surface area (Å²) in [6.45, 7) is -0.126. The maximum absolute atomic E-state index is 12.0. The molecule has 0 spiro atoms. The molecule has 2 saturated heterocycles. The Hall–Kier alpha value is 0.0799. The van der Waals surface area contributed by atoms with Crippen molar-refractivity contribution in [3.05, 3.63) is 0 Å². The van der Waals surface area contributed by atoms with Gasteiger partial charge in [-0.1, -0.05) is 0 Å². The highest BCUT2D eigenvalue weighted by Gasteiger charge is 2.37. The Kier molecular flexibility index (Phi) is 7.13. The van der Waals surface area contributed by atoms with Crippen molar-refractivity contribution >= 4 is 23.5 Å². The monoisotopic (exact) mass is 350 g/mol. The molecule has 5 unspecified atom stereocenters. The number of phosphoric ester groups is 1. The van der Waals surface area contributed by atoms with Crippen molar-refractivity contribution in [2.24, 2.45) is 0 Å². The Morgan fingerprint density at radius 3 is 1.74 bits per heavy atom. The molecule has 23 heavy (non-hydrogen) atoms. The van der Waals surface area contributed by atoms with Gasteiger partial charge in [0.15, 0.2) is 0 Å². The fourth-order valence-corrected chi connectivity index (χ4v) is 3.75. The summed E-state index contributed by atoms with van der Waals surface area (Å²) in [6, 6.07) is 0.0618. The molecule has 0 aromatic carbocycles. The number of hydrogen-bond acceptors (Lipinski definition) is 7. The van der Waals surface area contributed by atoms with Gasteiger partial charge in [0.2, 0.25) is 0 Å². The lowest BCUT2D eigenvalue weighted by Crippen LogP contribution is -2.29. The van der Waals surface area contributed by atoms with Gasteiger partial charge in [-0.05, 0) is 12.8 Å². The molecule has 0 aliphatic carbocycles. The van der Waals surface area contributed by atoms with E-state index in [9.17, 15) is 9.46 Å². The van der Waals surface area contributed by atoms with Crippen LogP contribution in [0.3, 0.4) is 0 Å². The molecular formula is C12H25B2O8P. The Morgan fingerprint density at radius 2 is 1.39 bits per heavy atom. The first kappa shape index (κ1) is 19.4. The molecule has 2 rings (SSSR count). The van der Waals surface area contributed by atoms with Crippen LogP contribution in [0.15, 0.2) is 0 Å². The Morgan fingerprint density at radius 1 is 1.00 bits per heavy atom. The van der Waals surface area contributed by atoms with Crippen molar-refractivity contribution in [1.29, 1.82) is 0 Å². The van der Waals surface area contributed by atoms with Gasteiger partial charge < -0.3 is 23.8 Å². The Labute approximate surface area is 138 Å². The van der Waals surface area contributed by atoms with E-state index in [0.717, 1.165) is 12.8 Å². The summed E-state index contributed by atoms with van der Waals surface area (Å²) in [6.07, 6.45) is 0.389. The van der Waals surface area contributed by atoms with E-state index >= 15 is 0 Å². The molecule has 2 heterocycles. The molecule has 0 radical (unpaired) electrons.